The van der Waals surface area contributed by atoms with Crippen molar-refractivity contribution in [3.05, 3.63) is 28.2 Å². The van der Waals surface area contributed by atoms with Gasteiger partial charge in [-0.25, -0.2) is 9.69 Å². The largest absolute Gasteiger partial charge is 0.465 e. The number of carbonyl (C=O) groups is 3. The molecular weight excluding hydrogens is 316 g/mol. The van der Waals surface area contributed by atoms with Gasteiger partial charge >= 0.3 is 5.97 Å². The molecule has 1 aliphatic carbocycles. The molecule has 0 saturated carbocycles. The molecule has 2 atom stereocenters. The quantitative estimate of drug-likeness (QED) is 0.471. The molecule has 2 aliphatic rings. The van der Waals surface area contributed by atoms with Gasteiger partial charge in [0.1, 0.15) is 15.9 Å². The lowest BCUT2D eigenvalue weighted by atomic mass is 9.85. The number of thiophene rings is 1. The molecule has 2 heterocycles. The van der Waals surface area contributed by atoms with Crippen molar-refractivity contribution < 1.29 is 19.1 Å². The number of methoxy groups -OCH3 is 1. The first-order valence-corrected chi connectivity index (χ1v) is 7.97. The van der Waals surface area contributed by atoms with E-state index in [0.717, 1.165) is 16.2 Å². The van der Waals surface area contributed by atoms with Crippen LogP contribution in [0.4, 0.5) is 5.00 Å². The molecular formula is C16H14N2O4S. The first-order chi connectivity index (χ1) is 11.0. The van der Waals surface area contributed by atoms with Gasteiger partial charge in [-0.2, -0.15) is 5.26 Å². The second-order valence-corrected chi connectivity index (χ2v) is 6.51. The van der Waals surface area contributed by atoms with Crippen LogP contribution in [-0.2, 0) is 14.3 Å². The number of rotatable bonds is 2. The number of fused-ring (bicyclic) bond motifs is 1. The van der Waals surface area contributed by atoms with Gasteiger partial charge in [-0.3, -0.25) is 9.59 Å². The number of anilines is 1. The molecule has 6 nitrogen and oxygen atoms in total. The van der Waals surface area contributed by atoms with E-state index in [1.165, 1.54) is 7.11 Å². The summed E-state index contributed by atoms with van der Waals surface area (Å²) in [4.78, 5) is 38.4. The van der Waals surface area contributed by atoms with Gasteiger partial charge in [-0.05, 0) is 25.3 Å². The molecule has 2 amide bonds. The summed E-state index contributed by atoms with van der Waals surface area (Å²) >= 11 is 0.960. The summed E-state index contributed by atoms with van der Waals surface area (Å²) in [6.07, 6.45) is 4.87. The van der Waals surface area contributed by atoms with E-state index in [1.54, 1.807) is 6.92 Å². The van der Waals surface area contributed by atoms with Gasteiger partial charge < -0.3 is 4.74 Å². The molecule has 0 aromatic carbocycles. The third-order valence-corrected chi connectivity index (χ3v) is 5.58. The van der Waals surface area contributed by atoms with Gasteiger partial charge in [0, 0.05) is 0 Å². The van der Waals surface area contributed by atoms with Crippen molar-refractivity contribution in [2.75, 3.05) is 12.0 Å². The number of esters is 1. The molecule has 7 heteroatoms. The van der Waals surface area contributed by atoms with E-state index in [9.17, 15) is 19.6 Å². The lowest BCUT2D eigenvalue weighted by Gasteiger charge is -2.14. The molecule has 0 radical (unpaired) electrons. The topological polar surface area (TPSA) is 87.5 Å². The molecule has 23 heavy (non-hydrogen) atoms. The first-order valence-electron chi connectivity index (χ1n) is 7.15. The van der Waals surface area contributed by atoms with E-state index in [1.807, 2.05) is 18.2 Å². The van der Waals surface area contributed by atoms with Crippen molar-refractivity contribution in [2.45, 2.75) is 19.8 Å². The maximum atomic E-state index is 12.6. The molecule has 3 rings (SSSR count). The average molecular weight is 330 g/mol. The molecule has 1 aromatic rings. The molecule has 1 aromatic heterocycles. The standard InChI is InChI=1S/C16H14N2O4S/c1-8-11(7-17)15(23-12(8)16(21)22-2)18-13(19)9-5-3-4-6-10(9)14(18)20/h3-4,9-10H,5-6H2,1-2H3/t9-,10-/m1/s1. The van der Waals surface area contributed by atoms with Crippen LogP contribution in [0.3, 0.4) is 0 Å². The van der Waals surface area contributed by atoms with Crippen molar-refractivity contribution in [3.8, 4) is 6.07 Å². The number of hydrogen-bond acceptors (Lipinski definition) is 6. The van der Waals surface area contributed by atoms with Crippen molar-refractivity contribution in [1.82, 2.24) is 0 Å². The highest BCUT2D eigenvalue weighted by Crippen LogP contribution is 2.43. The summed E-state index contributed by atoms with van der Waals surface area (Å²) in [5.41, 5.74) is 0.622. The summed E-state index contributed by atoms with van der Waals surface area (Å²) in [5, 5.41) is 9.63. The van der Waals surface area contributed by atoms with Crippen LogP contribution in [0.5, 0.6) is 0 Å². The zero-order valence-electron chi connectivity index (χ0n) is 12.7. The van der Waals surface area contributed by atoms with Crippen LogP contribution in [0.25, 0.3) is 0 Å². The van der Waals surface area contributed by atoms with Gasteiger partial charge in [0.2, 0.25) is 11.8 Å². The zero-order valence-corrected chi connectivity index (χ0v) is 13.5. The van der Waals surface area contributed by atoms with E-state index in [0.29, 0.717) is 18.4 Å². The monoisotopic (exact) mass is 330 g/mol. The third kappa shape index (κ3) is 2.18. The van der Waals surface area contributed by atoms with Crippen LogP contribution >= 0.6 is 11.3 Å². The van der Waals surface area contributed by atoms with E-state index in [-0.39, 0.29) is 39.1 Å². The predicted octanol–water partition coefficient (Wildman–Crippen LogP) is 2.17. The second kappa shape index (κ2) is 5.63. The van der Waals surface area contributed by atoms with Crippen LogP contribution in [0.1, 0.15) is 33.6 Å². The highest BCUT2D eigenvalue weighted by molar-refractivity contribution is 7.18. The summed E-state index contributed by atoms with van der Waals surface area (Å²) in [6, 6.07) is 2.00. The molecule has 1 fully saturated rings. The van der Waals surface area contributed by atoms with Gasteiger partial charge in [0.05, 0.1) is 24.5 Å². The second-order valence-electron chi connectivity index (χ2n) is 5.51. The Bertz CT molecular complexity index is 761. The van der Waals surface area contributed by atoms with Gasteiger partial charge in [-0.1, -0.05) is 12.2 Å². The number of hydrogen-bond donors (Lipinski definition) is 0. The van der Waals surface area contributed by atoms with Crippen LogP contribution in [0, 0.1) is 30.1 Å². The first kappa shape index (κ1) is 15.4. The zero-order chi connectivity index (χ0) is 16.7. The Morgan fingerprint density at radius 1 is 1.30 bits per heavy atom. The molecule has 0 spiro atoms. The summed E-state index contributed by atoms with van der Waals surface area (Å²) < 4.78 is 4.70. The molecule has 0 bridgehead atoms. The maximum Gasteiger partial charge on any atom is 0.348 e. The van der Waals surface area contributed by atoms with Crippen LogP contribution in [-0.4, -0.2) is 24.9 Å². The summed E-state index contributed by atoms with van der Waals surface area (Å²) in [5.74, 6) is -1.91. The maximum absolute atomic E-state index is 12.6. The Kier molecular flexibility index (Phi) is 3.78. The van der Waals surface area contributed by atoms with Crippen LogP contribution < -0.4 is 4.90 Å². The van der Waals surface area contributed by atoms with Crippen molar-refractivity contribution in [1.29, 1.82) is 5.26 Å². The van der Waals surface area contributed by atoms with Gasteiger partial charge in [-0.15, -0.1) is 11.3 Å². The predicted molar refractivity (Wildman–Crippen MR) is 83.0 cm³/mol. The fraction of sp³-hybridized carbons (Fsp3) is 0.375. The molecule has 0 unspecified atom stereocenters. The van der Waals surface area contributed by atoms with E-state index >= 15 is 0 Å². The average Bonchev–Trinajstić information content (AvgIpc) is 3.02. The smallest absolute Gasteiger partial charge is 0.348 e. The van der Waals surface area contributed by atoms with Crippen LogP contribution in [0.15, 0.2) is 12.2 Å². The van der Waals surface area contributed by atoms with E-state index < -0.39 is 5.97 Å². The summed E-state index contributed by atoms with van der Waals surface area (Å²) in [7, 11) is 1.25. The Labute approximate surface area is 137 Å². The number of amides is 2. The Morgan fingerprint density at radius 2 is 1.87 bits per heavy atom. The van der Waals surface area contributed by atoms with Crippen molar-refractivity contribution in [2.24, 2.45) is 11.8 Å². The van der Waals surface area contributed by atoms with Crippen molar-refractivity contribution >= 4 is 34.1 Å². The number of ether oxygens (including phenoxy) is 1. The minimum Gasteiger partial charge on any atom is -0.465 e. The van der Waals surface area contributed by atoms with Crippen molar-refractivity contribution in [3.63, 3.8) is 0 Å². The van der Waals surface area contributed by atoms with Crippen LogP contribution in [0.2, 0.25) is 0 Å². The number of allylic oxidation sites excluding steroid dienone is 2. The number of nitriles is 1. The molecule has 0 N–H and O–H groups in total. The normalized spacial score (nSPS) is 22.9. The lowest BCUT2D eigenvalue weighted by molar-refractivity contribution is -0.122. The molecule has 1 saturated heterocycles. The van der Waals surface area contributed by atoms with Gasteiger partial charge in [0.25, 0.3) is 0 Å². The Balaban J connectivity index is 2.09. The third-order valence-electron chi connectivity index (χ3n) is 4.32. The lowest BCUT2D eigenvalue weighted by Crippen LogP contribution is -2.30. The minimum absolute atomic E-state index is 0.184. The fourth-order valence-electron chi connectivity index (χ4n) is 3.08. The van der Waals surface area contributed by atoms with Gasteiger partial charge in [0.15, 0.2) is 0 Å². The highest BCUT2D eigenvalue weighted by atomic mass is 32.1. The minimum atomic E-state index is -0.576. The highest BCUT2D eigenvalue weighted by Gasteiger charge is 2.49. The molecule has 118 valence electrons. The van der Waals surface area contributed by atoms with E-state index in [4.69, 9.17) is 4.74 Å². The van der Waals surface area contributed by atoms with E-state index in [2.05, 4.69) is 0 Å². The molecule has 1 aliphatic heterocycles. The SMILES string of the molecule is COC(=O)c1sc(N2C(=O)[C@@H]3CC=CC[C@H]3C2=O)c(C#N)c1C. The number of nitrogens with zero attached hydrogens (tertiary/aromatic N) is 2. The number of carbonyl (C=O) groups excluding carboxylic acids is 3. The summed E-state index contributed by atoms with van der Waals surface area (Å²) in [6.45, 7) is 1.62. The Morgan fingerprint density at radius 3 is 2.35 bits per heavy atom. The fourth-order valence-corrected chi connectivity index (χ4v) is 4.26. The Hall–Kier alpha value is -2.46. The number of imide groups is 1.